The first-order valence-corrected chi connectivity index (χ1v) is 10.5. The highest BCUT2D eigenvalue weighted by atomic mass is 32.1. The van der Waals surface area contributed by atoms with E-state index in [0.29, 0.717) is 12.6 Å². The maximum atomic E-state index is 12.0. The third-order valence-electron chi connectivity index (χ3n) is 5.64. The average molecular weight is 372 g/mol. The van der Waals surface area contributed by atoms with Crippen LogP contribution >= 0.6 is 11.3 Å². The zero-order valence-electron chi connectivity index (χ0n) is 15.3. The Morgan fingerprint density at radius 1 is 1.19 bits per heavy atom. The highest BCUT2D eigenvalue weighted by Crippen LogP contribution is 2.40. The lowest BCUT2D eigenvalue weighted by Gasteiger charge is -2.35. The van der Waals surface area contributed by atoms with Gasteiger partial charge < -0.3 is 10.2 Å². The Morgan fingerprint density at radius 2 is 2.00 bits per heavy atom. The van der Waals surface area contributed by atoms with E-state index in [1.165, 1.54) is 28.7 Å². The number of carbonyl (C=O) groups is 1. The molecule has 7 heteroatoms. The number of piperazine rings is 1. The van der Waals surface area contributed by atoms with E-state index < -0.39 is 0 Å². The van der Waals surface area contributed by atoms with Crippen LogP contribution in [0.2, 0.25) is 0 Å². The molecule has 3 heterocycles. The Balaban J connectivity index is 1.32. The summed E-state index contributed by atoms with van der Waals surface area (Å²) in [7, 11) is 0. The largest absolute Gasteiger partial charge is 0.353 e. The van der Waals surface area contributed by atoms with Gasteiger partial charge in [0.2, 0.25) is 5.91 Å². The summed E-state index contributed by atoms with van der Waals surface area (Å²) in [5, 5.41) is 4.39. The number of carbonyl (C=O) groups excluding carboxylic acids is 1. The molecule has 1 N–H and O–H groups in total. The summed E-state index contributed by atoms with van der Waals surface area (Å²) in [4.78, 5) is 28.9. The minimum Gasteiger partial charge on any atom is -0.353 e. The molecule has 2 aromatic heterocycles. The number of nitrogens with zero attached hydrogens (tertiary/aromatic N) is 4. The van der Waals surface area contributed by atoms with Crippen LogP contribution in [-0.2, 0) is 17.6 Å². The molecule has 6 nitrogen and oxygen atoms in total. The van der Waals surface area contributed by atoms with Gasteiger partial charge in [-0.05, 0) is 44.6 Å². The molecule has 0 aromatic carbocycles. The molecule has 1 amide bonds. The molecule has 1 saturated heterocycles. The van der Waals surface area contributed by atoms with Gasteiger partial charge in [-0.2, -0.15) is 0 Å². The van der Waals surface area contributed by atoms with Crippen molar-refractivity contribution in [2.45, 2.75) is 45.1 Å². The Morgan fingerprint density at radius 3 is 2.77 bits per heavy atom. The van der Waals surface area contributed by atoms with Crippen LogP contribution in [0.25, 0.3) is 10.2 Å². The van der Waals surface area contributed by atoms with Gasteiger partial charge in [-0.1, -0.05) is 0 Å². The smallest absolute Gasteiger partial charge is 0.234 e. The summed E-state index contributed by atoms with van der Waals surface area (Å²) >= 11 is 1.86. The summed E-state index contributed by atoms with van der Waals surface area (Å²) < 4.78 is 0. The molecule has 2 aromatic rings. The van der Waals surface area contributed by atoms with Gasteiger partial charge in [0, 0.05) is 37.1 Å². The van der Waals surface area contributed by atoms with Gasteiger partial charge in [-0.3, -0.25) is 9.69 Å². The van der Waals surface area contributed by atoms with Gasteiger partial charge in [-0.15, -0.1) is 11.3 Å². The SMILES string of the molecule is Cc1nc(N2CCN(CC(=O)NC3CC3)CC2)c2c3c(sc2n1)CCC3. The molecule has 1 saturated carbocycles. The van der Waals surface area contributed by atoms with Crippen molar-refractivity contribution in [3.05, 3.63) is 16.3 Å². The van der Waals surface area contributed by atoms with Crippen LogP contribution in [0.1, 0.15) is 35.5 Å². The maximum Gasteiger partial charge on any atom is 0.234 e. The van der Waals surface area contributed by atoms with E-state index in [2.05, 4.69) is 15.1 Å². The zero-order chi connectivity index (χ0) is 17.7. The molecule has 0 atom stereocenters. The Labute approximate surface area is 157 Å². The van der Waals surface area contributed by atoms with E-state index in [9.17, 15) is 4.79 Å². The lowest BCUT2D eigenvalue weighted by atomic mass is 10.1. The van der Waals surface area contributed by atoms with Crippen LogP contribution in [0.4, 0.5) is 5.82 Å². The minimum atomic E-state index is 0.178. The molecule has 0 spiro atoms. The number of rotatable bonds is 4. The van der Waals surface area contributed by atoms with E-state index >= 15 is 0 Å². The van der Waals surface area contributed by atoms with Gasteiger partial charge in [0.1, 0.15) is 16.5 Å². The first-order chi connectivity index (χ1) is 12.7. The molecule has 0 unspecified atom stereocenters. The lowest BCUT2D eigenvalue weighted by molar-refractivity contribution is -0.122. The number of aryl methyl sites for hydroxylation is 3. The fourth-order valence-electron chi connectivity index (χ4n) is 4.13. The van der Waals surface area contributed by atoms with E-state index in [1.807, 2.05) is 18.3 Å². The van der Waals surface area contributed by atoms with Gasteiger partial charge in [-0.25, -0.2) is 9.97 Å². The topological polar surface area (TPSA) is 61.4 Å². The quantitative estimate of drug-likeness (QED) is 0.889. The van der Waals surface area contributed by atoms with Crippen molar-refractivity contribution in [3.8, 4) is 0 Å². The molecule has 138 valence electrons. The van der Waals surface area contributed by atoms with Crippen molar-refractivity contribution >= 4 is 33.3 Å². The number of hydrogen-bond donors (Lipinski definition) is 1. The van der Waals surface area contributed by atoms with Crippen molar-refractivity contribution in [1.82, 2.24) is 20.2 Å². The zero-order valence-corrected chi connectivity index (χ0v) is 16.1. The highest BCUT2D eigenvalue weighted by Gasteiger charge is 2.28. The average Bonchev–Trinajstić information content (AvgIpc) is 3.18. The van der Waals surface area contributed by atoms with Crippen LogP contribution in [0, 0.1) is 6.92 Å². The van der Waals surface area contributed by atoms with Crippen molar-refractivity contribution < 1.29 is 4.79 Å². The molecular weight excluding hydrogens is 346 g/mol. The number of anilines is 1. The Hall–Kier alpha value is -1.73. The normalized spacial score (nSPS) is 20.6. The van der Waals surface area contributed by atoms with Crippen molar-refractivity contribution in [3.63, 3.8) is 0 Å². The molecule has 26 heavy (non-hydrogen) atoms. The lowest BCUT2D eigenvalue weighted by Crippen LogP contribution is -2.50. The summed E-state index contributed by atoms with van der Waals surface area (Å²) in [5.41, 5.74) is 1.49. The second kappa shape index (κ2) is 6.46. The van der Waals surface area contributed by atoms with Crippen molar-refractivity contribution in [1.29, 1.82) is 0 Å². The number of hydrogen-bond acceptors (Lipinski definition) is 6. The summed E-state index contributed by atoms with van der Waals surface area (Å²) in [6, 6.07) is 0.446. The maximum absolute atomic E-state index is 12.0. The van der Waals surface area contributed by atoms with Crippen LogP contribution in [0.15, 0.2) is 0 Å². The molecule has 0 bridgehead atoms. The van der Waals surface area contributed by atoms with Crippen LogP contribution < -0.4 is 10.2 Å². The van der Waals surface area contributed by atoms with Gasteiger partial charge in [0.15, 0.2) is 0 Å². The van der Waals surface area contributed by atoms with Gasteiger partial charge in [0.25, 0.3) is 0 Å². The van der Waals surface area contributed by atoms with E-state index in [4.69, 9.17) is 9.97 Å². The Kier molecular flexibility index (Phi) is 4.09. The number of aromatic nitrogens is 2. The molecule has 5 rings (SSSR count). The molecule has 0 radical (unpaired) electrons. The van der Waals surface area contributed by atoms with Gasteiger partial charge in [0.05, 0.1) is 11.9 Å². The third-order valence-corrected chi connectivity index (χ3v) is 6.82. The van der Waals surface area contributed by atoms with Crippen LogP contribution in [-0.4, -0.2) is 59.5 Å². The summed E-state index contributed by atoms with van der Waals surface area (Å²) in [6.45, 7) is 6.19. The predicted molar refractivity (Wildman–Crippen MR) is 104 cm³/mol. The first-order valence-electron chi connectivity index (χ1n) is 9.73. The number of thiophene rings is 1. The first kappa shape index (κ1) is 16.4. The van der Waals surface area contributed by atoms with E-state index in [0.717, 1.165) is 61.9 Å². The fourth-order valence-corrected chi connectivity index (χ4v) is 5.43. The number of nitrogens with one attached hydrogen (secondary N) is 1. The second-order valence-electron chi connectivity index (χ2n) is 7.74. The molecule has 2 fully saturated rings. The van der Waals surface area contributed by atoms with Crippen LogP contribution in [0.5, 0.6) is 0 Å². The second-order valence-corrected chi connectivity index (χ2v) is 8.82. The fraction of sp³-hybridized carbons (Fsp3) is 0.632. The standard InChI is InChI=1S/C19H25N5OS/c1-12-20-18(17-14-3-2-4-15(14)26-19(17)21-12)24-9-7-23(8-10-24)11-16(25)22-13-5-6-13/h13H,2-11H2,1H3,(H,22,25). The van der Waals surface area contributed by atoms with Crippen molar-refractivity contribution in [2.75, 3.05) is 37.6 Å². The Bertz CT molecular complexity index is 851. The predicted octanol–water partition coefficient (Wildman–Crippen LogP) is 1.89. The molecular formula is C19H25N5OS. The van der Waals surface area contributed by atoms with E-state index in [-0.39, 0.29) is 5.91 Å². The highest BCUT2D eigenvalue weighted by molar-refractivity contribution is 7.19. The minimum absolute atomic E-state index is 0.178. The van der Waals surface area contributed by atoms with Crippen molar-refractivity contribution in [2.24, 2.45) is 0 Å². The van der Waals surface area contributed by atoms with Gasteiger partial charge >= 0.3 is 0 Å². The summed E-state index contributed by atoms with van der Waals surface area (Å²) in [6.07, 6.45) is 5.91. The summed E-state index contributed by atoms with van der Waals surface area (Å²) in [5.74, 6) is 2.16. The molecule has 1 aliphatic heterocycles. The monoisotopic (exact) mass is 371 g/mol. The molecule has 3 aliphatic rings. The van der Waals surface area contributed by atoms with Crippen LogP contribution in [0.3, 0.4) is 0 Å². The van der Waals surface area contributed by atoms with E-state index in [1.54, 1.807) is 0 Å². The third kappa shape index (κ3) is 3.07. The number of fused-ring (bicyclic) bond motifs is 3. The molecule has 2 aliphatic carbocycles. The number of amides is 1.